The van der Waals surface area contributed by atoms with Crippen LogP contribution in [0.15, 0.2) is 0 Å². The molecule has 0 bridgehead atoms. The molecule has 0 aliphatic rings. The van der Waals surface area contributed by atoms with Gasteiger partial charge in [-0.05, 0) is 61.8 Å². The van der Waals surface area contributed by atoms with Crippen LogP contribution in [0.25, 0.3) is 0 Å². The van der Waals surface area contributed by atoms with E-state index >= 15 is 0 Å². The zero-order chi connectivity index (χ0) is 13.9. The summed E-state index contributed by atoms with van der Waals surface area (Å²) in [5.74, 6) is 0. The second kappa shape index (κ2) is 6.19. The lowest BCUT2D eigenvalue weighted by molar-refractivity contribution is 0.604. The van der Waals surface area contributed by atoms with Crippen molar-refractivity contribution in [1.29, 1.82) is 5.26 Å². The Morgan fingerprint density at radius 3 is 1.53 bits per heavy atom. The molecule has 0 aromatic heterocycles. The molecule has 0 unspecified atom stereocenters. The van der Waals surface area contributed by atoms with E-state index in [1.54, 1.807) is 0 Å². The van der Waals surface area contributed by atoms with Crippen molar-refractivity contribution in [3.63, 3.8) is 0 Å². The molecule has 0 aliphatic carbocycles. The van der Waals surface area contributed by atoms with E-state index in [4.69, 9.17) is 5.26 Å². The molecule has 0 aliphatic heterocycles. The van der Waals surface area contributed by atoms with Crippen molar-refractivity contribution >= 4 is 7.26 Å². The first-order valence-electron chi connectivity index (χ1n) is 6.89. The van der Waals surface area contributed by atoms with Crippen LogP contribution in [-0.2, 0) is 0 Å². The normalized spacial score (nSPS) is 13.5. The Morgan fingerprint density at radius 2 is 1.29 bits per heavy atom. The quantitative estimate of drug-likeness (QED) is 0.591. The minimum atomic E-state index is -1.10. The maximum Gasteiger partial charge on any atom is 0.0760 e. The summed E-state index contributed by atoms with van der Waals surface area (Å²) < 4.78 is 0. The first-order chi connectivity index (χ1) is 7.64. The molecular formula is C15H31NP+. The summed E-state index contributed by atoms with van der Waals surface area (Å²) in [6.07, 6.45) is 1.74. The number of rotatable bonds is 6. The lowest BCUT2D eigenvalue weighted by Gasteiger charge is -2.49. The highest BCUT2D eigenvalue weighted by Crippen LogP contribution is 2.78. The van der Waals surface area contributed by atoms with Crippen LogP contribution in [0.2, 0.25) is 0 Å². The van der Waals surface area contributed by atoms with Gasteiger partial charge in [0.25, 0.3) is 0 Å². The molecule has 0 aromatic rings. The largest absolute Gasteiger partial charge is 0.198 e. The summed E-state index contributed by atoms with van der Waals surface area (Å²) in [5.41, 5.74) is 2.24. The van der Waals surface area contributed by atoms with Crippen molar-refractivity contribution in [3.8, 4) is 6.07 Å². The highest BCUT2D eigenvalue weighted by molar-refractivity contribution is 7.79. The predicted molar refractivity (Wildman–Crippen MR) is 81.3 cm³/mol. The van der Waals surface area contributed by atoms with Gasteiger partial charge in [0.15, 0.2) is 0 Å². The lowest BCUT2D eigenvalue weighted by atomic mass is 10.1. The smallest absolute Gasteiger partial charge is 0.0760 e. The van der Waals surface area contributed by atoms with Gasteiger partial charge in [-0.2, -0.15) is 5.26 Å². The summed E-state index contributed by atoms with van der Waals surface area (Å²) in [7, 11) is -1.10. The van der Waals surface area contributed by atoms with Crippen LogP contribution in [0.5, 0.6) is 0 Å². The van der Waals surface area contributed by atoms with Crippen LogP contribution >= 0.6 is 7.26 Å². The number of nitriles is 1. The number of hydrogen-bond acceptors (Lipinski definition) is 1. The van der Waals surface area contributed by atoms with Gasteiger partial charge in [-0.25, -0.2) is 0 Å². The molecule has 0 saturated heterocycles. The van der Waals surface area contributed by atoms with E-state index in [2.05, 4.69) is 61.5 Å². The zero-order valence-electron chi connectivity index (χ0n) is 13.0. The maximum atomic E-state index is 8.87. The molecule has 2 heteroatoms. The summed E-state index contributed by atoms with van der Waals surface area (Å²) in [4.78, 5) is 0. The molecule has 0 fully saturated rings. The van der Waals surface area contributed by atoms with Gasteiger partial charge >= 0.3 is 0 Å². The Morgan fingerprint density at radius 1 is 0.941 bits per heavy atom. The van der Waals surface area contributed by atoms with Crippen molar-refractivity contribution in [2.24, 2.45) is 0 Å². The third-order valence-corrected chi connectivity index (χ3v) is 11.9. The summed E-state index contributed by atoms with van der Waals surface area (Å²) in [6.45, 7) is 19.1. The second-order valence-electron chi connectivity index (χ2n) is 6.59. The molecule has 0 saturated carbocycles. The first kappa shape index (κ1) is 16.9. The standard InChI is InChI=1S/C15H31NP/c1-12(2)17(13(3)4,14(5)6)15(7,8)10-9-11-16/h12-14H,9-10H2,1-8H3/q+1. The minimum absolute atomic E-state index is 0.319. The molecule has 1 nitrogen and oxygen atoms in total. The maximum absolute atomic E-state index is 8.87. The van der Waals surface area contributed by atoms with Crippen LogP contribution in [0.4, 0.5) is 0 Å². The van der Waals surface area contributed by atoms with Gasteiger partial charge in [0.05, 0.1) is 28.2 Å². The van der Waals surface area contributed by atoms with E-state index in [9.17, 15) is 0 Å². The van der Waals surface area contributed by atoms with Crippen LogP contribution < -0.4 is 0 Å². The van der Waals surface area contributed by atoms with Gasteiger partial charge in [0.1, 0.15) is 0 Å². The van der Waals surface area contributed by atoms with Gasteiger partial charge in [-0.3, -0.25) is 0 Å². The van der Waals surface area contributed by atoms with E-state index in [-0.39, 0.29) is 0 Å². The Kier molecular flexibility index (Phi) is 6.16. The monoisotopic (exact) mass is 256 g/mol. The van der Waals surface area contributed by atoms with Crippen molar-refractivity contribution < 1.29 is 0 Å². The van der Waals surface area contributed by atoms with Crippen LogP contribution in [0.3, 0.4) is 0 Å². The molecule has 17 heavy (non-hydrogen) atoms. The summed E-state index contributed by atoms with van der Waals surface area (Å²) in [5, 5.41) is 9.19. The molecule has 0 amide bonds. The molecule has 0 atom stereocenters. The van der Waals surface area contributed by atoms with E-state index in [0.717, 1.165) is 23.4 Å². The molecule has 0 aromatic carbocycles. The lowest BCUT2D eigenvalue weighted by Crippen LogP contribution is -2.39. The fraction of sp³-hybridized carbons (Fsp3) is 0.933. The molecule has 0 N–H and O–H groups in total. The molecule has 0 heterocycles. The Labute approximate surface area is 109 Å². The Hall–Kier alpha value is -0.0800. The van der Waals surface area contributed by atoms with E-state index < -0.39 is 7.26 Å². The first-order valence-corrected chi connectivity index (χ1v) is 8.89. The zero-order valence-corrected chi connectivity index (χ0v) is 13.9. The SMILES string of the molecule is CC(C)[P+](C(C)C)(C(C)C)C(C)(C)CCC#N. The topological polar surface area (TPSA) is 23.8 Å². The van der Waals surface area contributed by atoms with Gasteiger partial charge in [0, 0.05) is 13.7 Å². The van der Waals surface area contributed by atoms with E-state index in [1.165, 1.54) is 0 Å². The van der Waals surface area contributed by atoms with E-state index in [0.29, 0.717) is 11.6 Å². The fourth-order valence-electron chi connectivity index (χ4n) is 4.44. The fourth-order valence-corrected chi connectivity index (χ4v) is 12.7. The molecule has 0 rings (SSSR count). The van der Waals surface area contributed by atoms with Crippen LogP contribution in [-0.4, -0.2) is 22.1 Å². The van der Waals surface area contributed by atoms with Gasteiger partial charge in [0.2, 0.25) is 0 Å². The summed E-state index contributed by atoms with van der Waals surface area (Å²) >= 11 is 0. The highest BCUT2D eigenvalue weighted by Gasteiger charge is 2.57. The van der Waals surface area contributed by atoms with Crippen molar-refractivity contribution in [2.45, 2.75) is 90.4 Å². The highest BCUT2D eigenvalue weighted by atomic mass is 31.2. The van der Waals surface area contributed by atoms with Gasteiger partial charge in [-0.15, -0.1) is 0 Å². The van der Waals surface area contributed by atoms with Crippen molar-refractivity contribution in [2.75, 3.05) is 0 Å². The van der Waals surface area contributed by atoms with Crippen molar-refractivity contribution in [1.82, 2.24) is 0 Å². The number of hydrogen-bond donors (Lipinski definition) is 0. The third-order valence-electron chi connectivity index (χ3n) is 4.46. The molecule has 100 valence electrons. The minimum Gasteiger partial charge on any atom is -0.198 e. The third kappa shape index (κ3) is 3.03. The summed E-state index contributed by atoms with van der Waals surface area (Å²) in [6, 6.07) is 2.33. The predicted octanol–water partition coefficient (Wildman–Crippen LogP) is 5.31. The van der Waals surface area contributed by atoms with Crippen LogP contribution in [0.1, 0.15) is 68.2 Å². The Bertz CT molecular complexity index is 249. The Balaban J connectivity index is 5.51. The average molecular weight is 256 g/mol. The second-order valence-corrected chi connectivity index (χ2v) is 12.6. The van der Waals surface area contributed by atoms with Crippen molar-refractivity contribution in [3.05, 3.63) is 0 Å². The molecular weight excluding hydrogens is 225 g/mol. The molecule has 0 radical (unpaired) electrons. The van der Waals surface area contributed by atoms with Gasteiger partial charge in [-0.1, -0.05) is 0 Å². The molecule has 0 spiro atoms. The average Bonchev–Trinajstić information content (AvgIpc) is 2.12. The van der Waals surface area contributed by atoms with Gasteiger partial charge < -0.3 is 0 Å². The van der Waals surface area contributed by atoms with Crippen LogP contribution in [0, 0.1) is 11.3 Å². The van der Waals surface area contributed by atoms with E-state index in [1.807, 2.05) is 0 Å². The number of nitrogens with zero attached hydrogens (tertiary/aromatic N) is 1.